The molecule has 0 radical (unpaired) electrons. The highest BCUT2D eigenvalue weighted by Crippen LogP contribution is 2.42. The number of aromatic nitrogens is 5. The molecule has 0 saturated heterocycles. The number of hydrogen-bond acceptors (Lipinski definition) is 4. The van der Waals surface area contributed by atoms with Gasteiger partial charge in [-0.3, -0.25) is 4.57 Å². The molecule has 0 bridgehead atoms. The Morgan fingerprint density at radius 3 is 1.70 bits per heavy atom. The van der Waals surface area contributed by atoms with E-state index in [1.54, 1.807) is 0 Å². The summed E-state index contributed by atoms with van der Waals surface area (Å²) in [6.45, 7) is 6.86. The van der Waals surface area contributed by atoms with Gasteiger partial charge in [0.15, 0.2) is 17.5 Å². The molecule has 0 fully saturated rings. The molecule has 5 nitrogen and oxygen atoms in total. The molecule has 6 aromatic carbocycles. The largest absolute Gasteiger partial charge is 0.296 e. The van der Waals surface area contributed by atoms with Crippen molar-refractivity contribution in [2.24, 2.45) is 0 Å². The summed E-state index contributed by atoms with van der Waals surface area (Å²) >= 11 is 0. The van der Waals surface area contributed by atoms with E-state index in [1.165, 1.54) is 5.56 Å². The lowest BCUT2D eigenvalue weighted by molar-refractivity contribution is 0.408. The van der Waals surface area contributed by atoms with Gasteiger partial charge in [0.25, 0.3) is 0 Å². The van der Waals surface area contributed by atoms with Crippen LogP contribution in [0.1, 0.15) is 58.1 Å². The van der Waals surface area contributed by atoms with Crippen LogP contribution < -0.4 is 0 Å². The van der Waals surface area contributed by atoms with E-state index >= 15 is 0 Å². The maximum absolute atomic E-state index is 5.20. The van der Waals surface area contributed by atoms with Crippen molar-refractivity contribution in [3.05, 3.63) is 182 Å². The molecule has 0 aliphatic heterocycles. The van der Waals surface area contributed by atoms with Gasteiger partial charge in [-0.15, -0.1) is 0 Å². The average Bonchev–Trinajstić information content (AvgIpc) is 3.70. The van der Waals surface area contributed by atoms with Crippen LogP contribution in [-0.2, 0) is 5.41 Å². The maximum atomic E-state index is 5.20. The predicted octanol–water partition coefficient (Wildman–Crippen LogP) is 13.4. The van der Waals surface area contributed by atoms with Crippen LogP contribution in [0.2, 0.25) is 0 Å². The number of para-hydroxylation sites is 2. The number of benzene rings is 6. The van der Waals surface area contributed by atoms with Gasteiger partial charge in [-0.1, -0.05) is 166 Å². The van der Waals surface area contributed by atoms with Crippen LogP contribution in [-0.4, -0.2) is 24.5 Å². The van der Waals surface area contributed by atoms with Crippen molar-refractivity contribution in [1.82, 2.24) is 24.5 Å². The Morgan fingerprint density at radius 1 is 0.509 bits per heavy atom. The summed E-state index contributed by atoms with van der Waals surface area (Å²) in [5.41, 5.74) is 13.1. The smallest absolute Gasteiger partial charge is 0.164 e. The second-order valence-electron chi connectivity index (χ2n) is 15.0. The first-order chi connectivity index (χ1) is 28.0. The molecule has 278 valence electrons. The molecule has 0 spiro atoms. The first-order valence-electron chi connectivity index (χ1n) is 20.1. The Labute approximate surface area is 335 Å². The summed E-state index contributed by atoms with van der Waals surface area (Å²) in [7, 11) is 0. The summed E-state index contributed by atoms with van der Waals surface area (Å²) in [5.74, 6) is 3.18. The van der Waals surface area contributed by atoms with E-state index in [0.29, 0.717) is 11.6 Å². The van der Waals surface area contributed by atoms with Crippen molar-refractivity contribution in [3.63, 3.8) is 0 Å². The number of rotatable bonds is 10. The predicted molar refractivity (Wildman–Crippen MR) is 236 cm³/mol. The fourth-order valence-corrected chi connectivity index (χ4v) is 8.03. The van der Waals surface area contributed by atoms with Crippen LogP contribution in [0.25, 0.3) is 78.5 Å². The van der Waals surface area contributed by atoms with Crippen molar-refractivity contribution in [3.8, 4) is 61.8 Å². The third-order valence-electron chi connectivity index (χ3n) is 11.7. The Kier molecular flexibility index (Phi) is 9.73. The lowest BCUT2D eigenvalue weighted by Crippen LogP contribution is -2.24. The highest BCUT2D eigenvalue weighted by atomic mass is 15.1. The van der Waals surface area contributed by atoms with Crippen LogP contribution in [0.5, 0.6) is 0 Å². The Balaban J connectivity index is 1.15. The van der Waals surface area contributed by atoms with Gasteiger partial charge in [0.2, 0.25) is 0 Å². The van der Waals surface area contributed by atoms with Gasteiger partial charge in [0, 0.05) is 22.2 Å². The van der Waals surface area contributed by atoms with Crippen LogP contribution in [0.3, 0.4) is 0 Å². The van der Waals surface area contributed by atoms with Crippen molar-refractivity contribution < 1.29 is 0 Å². The van der Waals surface area contributed by atoms with E-state index in [0.717, 1.165) is 98.6 Å². The summed E-state index contributed by atoms with van der Waals surface area (Å²) in [6, 6.07) is 53.6. The monoisotopic (exact) mass is 739 g/mol. The van der Waals surface area contributed by atoms with Crippen molar-refractivity contribution in [2.45, 2.75) is 51.9 Å². The van der Waals surface area contributed by atoms with Gasteiger partial charge in [-0.25, -0.2) is 19.9 Å². The molecule has 0 saturated carbocycles. The van der Waals surface area contributed by atoms with Crippen LogP contribution in [0, 0.1) is 0 Å². The zero-order valence-corrected chi connectivity index (χ0v) is 32.7. The normalized spacial score (nSPS) is 12.9. The molecule has 9 rings (SSSR count). The van der Waals surface area contributed by atoms with E-state index in [4.69, 9.17) is 19.9 Å². The van der Waals surface area contributed by atoms with E-state index < -0.39 is 0 Å². The minimum Gasteiger partial charge on any atom is -0.296 e. The van der Waals surface area contributed by atoms with Crippen LogP contribution in [0.4, 0.5) is 0 Å². The third kappa shape index (κ3) is 6.80. The Morgan fingerprint density at radius 2 is 1.05 bits per heavy atom. The summed E-state index contributed by atoms with van der Waals surface area (Å²) < 4.78 is 2.36. The first kappa shape index (κ1) is 35.9. The van der Waals surface area contributed by atoms with Crippen molar-refractivity contribution >= 4 is 16.6 Å². The van der Waals surface area contributed by atoms with Gasteiger partial charge in [0.05, 0.1) is 11.0 Å². The van der Waals surface area contributed by atoms with Gasteiger partial charge >= 0.3 is 0 Å². The fourth-order valence-electron chi connectivity index (χ4n) is 8.03. The minimum absolute atomic E-state index is 0.0409. The lowest BCUT2D eigenvalue weighted by Gasteiger charge is -2.27. The minimum atomic E-state index is -0.0409. The molecule has 1 aliphatic carbocycles. The molecule has 0 unspecified atom stereocenters. The quantitative estimate of drug-likeness (QED) is 0.140. The average molecular weight is 740 g/mol. The molecule has 0 atom stereocenters. The molecule has 57 heavy (non-hydrogen) atoms. The highest BCUT2D eigenvalue weighted by molar-refractivity contribution is 5.95. The number of imidazole rings is 1. The first-order valence-corrected chi connectivity index (χ1v) is 20.1. The molecule has 5 heteroatoms. The molecule has 1 aliphatic rings. The summed E-state index contributed by atoms with van der Waals surface area (Å²) in [4.78, 5) is 20.5. The molecule has 0 N–H and O–H groups in total. The van der Waals surface area contributed by atoms with Gasteiger partial charge in [-0.2, -0.15) is 0 Å². The van der Waals surface area contributed by atoms with Gasteiger partial charge in [-0.05, 0) is 88.9 Å². The van der Waals surface area contributed by atoms with E-state index in [9.17, 15) is 0 Å². The van der Waals surface area contributed by atoms with Crippen molar-refractivity contribution in [2.75, 3.05) is 0 Å². The third-order valence-corrected chi connectivity index (χ3v) is 11.7. The molecular weight excluding hydrogens is 695 g/mol. The Bertz CT molecular complexity index is 2770. The Hall–Kier alpha value is -6.72. The zero-order valence-electron chi connectivity index (χ0n) is 32.7. The maximum Gasteiger partial charge on any atom is 0.164 e. The van der Waals surface area contributed by atoms with Crippen molar-refractivity contribution in [1.29, 1.82) is 0 Å². The zero-order chi connectivity index (χ0) is 38.8. The van der Waals surface area contributed by atoms with E-state index in [2.05, 4.69) is 177 Å². The summed E-state index contributed by atoms with van der Waals surface area (Å²) in [5, 5.41) is 0. The summed E-state index contributed by atoms with van der Waals surface area (Å²) in [6.07, 6.45) is 10.3. The number of nitrogens with zero attached hydrogens (tertiary/aromatic N) is 5. The molecule has 2 aromatic heterocycles. The van der Waals surface area contributed by atoms with E-state index in [-0.39, 0.29) is 5.41 Å². The van der Waals surface area contributed by atoms with Gasteiger partial charge < -0.3 is 0 Å². The lowest BCUT2D eigenvalue weighted by atomic mass is 9.83. The number of fused-ring (bicyclic) bond motifs is 1. The van der Waals surface area contributed by atoms with Gasteiger partial charge in [0.1, 0.15) is 5.82 Å². The molecular formula is C52H45N5. The standard InChI is InChI=1S/C52H45N5/c1-4-52(3,5-2)51-53-46-30-18-19-31-47(46)57(51)39-34-32-36(33-35-39)40-24-12-13-25-41(40)42-26-14-15-27-43(42)44-28-16-17-29-45(44)50-55-48(37-20-8-6-9-21-37)54-49(56-50)38-22-10-7-11-23-38/h6-10,12-22,24-35H,4-5,11,23H2,1-3H3. The second-order valence-corrected chi connectivity index (χ2v) is 15.0. The topological polar surface area (TPSA) is 56.5 Å². The van der Waals surface area contributed by atoms with Crippen LogP contribution >= 0.6 is 0 Å². The second kappa shape index (κ2) is 15.4. The van der Waals surface area contributed by atoms with Crippen LogP contribution in [0.15, 0.2) is 170 Å². The number of hydrogen-bond donors (Lipinski definition) is 0. The fraction of sp³-hybridized carbons (Fsp3) is 0.154. The molecule has 8 aromatic rings. The highest BCUT2D eigenvalue weighted by Gasteiger charge is 2.30. The SMILES string of the molecule is CCC(C)(CC)c1nc2ccccc2n1-c1ccc(-c2ccccc2-c2ccccc2-c2ccccc2-c2nc(C3=CC=CCC3)nc(-c3ccccc3)n2)cc1. The molecule has 2 heterocycles. The number of allylic oxidation sites excluding steroid dienone is 4. The molecule has 0 amide bonds. The van der Waals surface area contributed by atoms with E-state index in [1.807, 2.05) is 18.2 Å².